The summed E-state index contributed by atoms with van der Waals surface area (Å²) in [5, 5.41) is 3.06. The van der Waals surface area contributed by atoms with Gasteiger partial charge in [0, 0.05) is 57.8 Å². The molecule has 39 heavy (non-hydrogen) atoms. The van der Waals surface area contributed by atoms with Crippen molar-refractivity contribution in [2.24, 2.45) is 4.99 Å². The van der Waals surface area contributed by atoms with Crippen molar-refractivity contribution in [1.82, 2.24) is 14.8 Å². The number of allylic oxidation sites excluding steroid dienone is 4. The molecule has 6 heteroatoms. The smallest absolute Gasteiger partial charge is 0.253 e. The van der Waals surface area contributed by atoms with Crippen LogP contribution in [-0.2, 0) is 0 Å². The van der Waals surface area contributed by atoms with E-state index in [-0.39, 0.29) is 5.91 Å². The lowest BCUT2D eigenvalue weighted by Crippen LogP contribution is -2.40. The highest BCUT2D eigenvalue weighted by Gasteiger charge is 2.25. The van der Waals surface area contributed by atoms with E-state index in [0.717, 1.165) is 54.0 Å². The van der Waals surface area contributed by atoms with Crippen molar-refractivity contribution < 1.29 is 4.79 Å². The van der Waals surface area contributed by atoms with Crippen LogP contribution < -0.4 is 5.32 Å². The molecular formula is C33H47N5O. The van der Waals surface area contributed by atoms with Gasteiger partial charge >= 0.3 is 0 Å². The van der Waals surface area contributed by atoms with Gasteiger partial charge in [-0.15, -0.1) is 0 Å². The molecule has 1 aliphatic heterocycles. The first-order chi connectivity index (χ1) is 18.7. The minimum atomic E-state index is 0.0465. The number of hydrogen-bond acceptors (Lipinski definition) is 5. The third kappa shape index (κ3) is 8.75. The van der Waals surface area contributed by atoms with Gasteiger partial charge in [0.2, 0.25) is 0 Å². The van der Waals surface area contributed by atoms with Crippen LogP contribution in [0.3, 0.4) is 0 Å². The van der Waals surface area contributed by atoms with Crippen LogP contribution >= 0.6 is 0 Å². The van der Waals surface area contributed by atoms with E-state index in [1.54, 1.807) is 32.3 Å². The molecule has 1 aromatic heterocycles. The average Bonchev–Trinajstić information content (AvgIpc) is 2.98. The molecule has 2 heterocycles. The number of anilines is 1. The van der Waals surface area contributed by atoms with Crippen molar-refractivity contribution in [3.63, 3.8) is 0 Å². The Morgan fingerprint density at radius 2 is 1.74 bits per heavy atom. The number of aromatic nitrogens is 1. The number of carbonyl (C=O) groups excluding carboxylic acids is 1. The van der Waals surface area contributed by atoms with Crippen molar-refractivity contribution in [1.29, 1.82) is 0 Å². The standard InChI is InChI=1S/C31H41N5O.C2H6/c1-22(20-23(2)29(14-17-32-4)28-12-13-30(33-5)34-21-28)24(3)36-18-15-26(16-19-36)25-8-10-27(11-9-25)31(37)35(6)7;1-2/h8-14,17,20-21,24,26H,2,15-16,18-19H2,1,3-7H3,(H,33,34);1-2H3/b22-20+,29-14+,32-17?;. The summed E-state index contributed by atoms with van der Waals surface area (Å²) in [4.78, 5) is 25.0. The lowest BCUT2D eigenvalue weighted by Gasteiger charge is -2.37. The second-order valence-electron chi connectivity index (χ2n) is 9.89. The lowest BCUT2D eigenvalue weighted by molar-refractivity contribution is 0.0827. The summed E-state index contributed by atoms with van der Waals surface area (Å²) >= 11 is 0. The summed E-state index contributed by atoms with van der Waals surface area (Å²) < 4.78 is 0. The summed E-state index contributed by atoms with van der Waals surface area (Å²) in [5.74, 6) is 1.41. The highest BCUT2D eigenvalue weighted by molar-refractivity contribution is 5.94. The van der Waals surface area contributed by atoms with Gasteiger partial charge in [-0.3, -0.25) is 14.7 Å². The Hall–Kier alpha value is -3.51. The number of benzene rings is 1. The summed E-state index contributed by atoms with van der Waals surface area (Å²) in [6, 6.07) is 12.5. The van der Waals surface area contributed by atoms with Crippen LogP contribution in [0.2, 0.25) is 0 Å². The summed E-state index contributed by atoms with van der Waals surface area (Å²) in [7, 11) is 7.20. The molecule has 0 spiro atoms. The number of nitrogens with zero attached hydrogens (tertiary/aromatic N) is 4. The number of aliphatic imine (C=N–C) groups is 1. The normalized spacial score (nSPS) is 15.9. The largest absolute Gasteiger partial charge is 0.373 e. The Kier molecular flexibility index (Phi) is 12.8. The van der Waals surface area contributed by atoms with E-state index >= 15 is 0 Å². The highest BCUT2D eigenvalue weighted by Crippen LogP contribution is 2.31. The van der Waals surface area contributed by atoms with Gasteiger partial charge in [-0.1, -0.05) is 44.2 Å². The molecule has 0 saturated carbocycles. The summed E-state index contributed by atoms with van der Waals surface area (Å²) in [5.41, 5.74) is 6.34. The molecule has 0 radical (unpaired) electrons. The molecule has 3 rings (SSSR count). The van der Waals surface area contributed by atoms with Crippen LogP contribution in [0.25, 0.3) is 5.57 Å². The predicted octanol–water partition coefficient (Wildman–Crippen LogP) is 6.71. The maximum absolute atomic E-state index is 12.2. The number of rotatable bonds is 9. The Labute approximate surface area is 236 Å². The van der Waals surface area contributed by atoms with Crippen molar-refractivity contribution in [2.75, 3.05) is 46.6 Å². The molecule has 0 aliphatic carbocycles. The van der Waals surface area contributed by atoms with E-state index in [9.17, 15) is 4.79 Å². The van der Waals surface area contributed by atoms with Crippen LogP contribution in [-0.4, -0.2) is 74.2 Å². The monoisotopic (exact) mass is 529 g/mol. The Balaban J connectivity index is 0.00000260. The highest BCUT2D eigenvalue weighted by atomic mass is 16.2. The Bertz CT molecular complexity index is 1150. The predicted molar refractivity (Wildman–Crippen MR) is 168 cm³/mol. The van der Waals surface area contributed by atoms with Gasteiger partial charge in [0.25, 0.3) is 5.91 Å². The SMILES string of the molecule is C=C(/C=C(\C)C(C)N1CCC(c2ccc(C(=O)N(C)C)cc2)CC1)/C(=C\C=NC)c1ccc(NC)nc1.CC. The van der Waals surface area contributed by atoms with E-state index in [1.807, 2.05) is 51.4 Å². The third-order valence-electron chi connectivity index (χ3n) is 7.24. The number of piperidine rings is 1. The minimum absolute atomic E-state index is 0.0465. The second kappa shape index (κ2) is 15.8. The maximum Gasteiger partial charge on any atom is 0.253 e. The zero-order chi connectivity index (χ0) is 28.9. The fourth-order valence-electron chi connectivity index (χ4n) is 4.78. The molecule has 1 unspecified atom stereocenters. The number of pyridine rings is 1. The molecule has 2 aromatic rings. The molecule has 1 amide bonds. The average molecular weight is 530 g/mol. The molecule has 0 bridgehead atoms. The molecule has 210 valence electrons. The van der Waals surface area contributed by atoms with Crippen LogP contribution in [0.5, 0.6) is 0 Å². The lowest BCUT2D eigenvalue weighted by atomic mass is 9.88. The molecule has 1 saturated heterocycles. The molecule has 1 atom stereocenters. The second-order valence-corrected chi connectivity index (χ2v) is 9.89. The maximum atomic E-state index is 12.2. The third-order valence-corrected chi connectivity index (χ3v) is 7.24. The van der Waals surface area contributed by atoms with Gasteiger partial charge in [-0.25, -0.2) is 4.98 Å². The van der Waals surface area contributed by atoms with Crippen molar-refractivity contribution in [3.05, 3.63) is 89.2 Å². The van der Waals surface area contributed by atoms with E-state index < -0.39 is 0 Å². The van der Waals surface area contributed by atoms with Gasteiger partial charge in [-0.2, -0.15) is 0 Å². The van der Waals surface area contributed by atoms with Crippen molar-refractivity contribution in [2.45, 2.75) is 52.5 Å². The van der Waals surface area contributed by atoms with Crippen LogP contribution in [0.4, 0.5) is 5.82 Å². The zero-order valence-corrected chi connectivity index (χ0v) is 25.2. The van der Waals surface area contributed by atoms with E-state index in [0.29, 0.717) is 12.0 Å². The number of amides is 1. The van der Waals surface area contributed by atoms with Gasteiger partial charge in [0.05, 0.1) is 0 Å². The molecule has 1 aromatic carbocycles. The van der Waals surface area contributed by atoms with E-state index in [2.05, 4.69) is 64.9 Å². The van der Waals surface area contributed by atoms with Gasteiger partial charge in [0.1, 0.15) is 5.82 Å². The summed E-state index contributed by atoms with van der Waals surface area (Å²) in [6.45, 7) is 14.9. The summed E-state index contributed by atoms with van der Waals surface area (Å²) in [6.07, 6.45) is 10.1. The number of likely N-dealkylation sites (tertiary alicyclic amines) is 1. The molecule has 1 fully saturated rings. The van der Waals surface area contributed by atoms with Crippen LogP contribution in [0.15, 0.2) is 77.5 Å². The van der Waals surface area contributed by atoms with E-state index in [1.165, 1.54) is 11.1 Å². The van der Waals surface area contributed by atoms with Gasteiger partial charge < -0.3 is 10.2 Å². The van der Waals surface area contributed by atoms with E-state index in [4.69, 9.17) is 0 Å². The van der Waals surface area contributed by atoms with Gasteiger partial charge in [0.15, 0.2) is 0 Å². The molecule has 1 aliphatic rings. The first kappa shape index (κ1) is 31.7. The number of hydrogen-bond donors (Lipinski definition) is 1. The van der Waals surface area contributed by atoms with Crippen molar-refractivity contribution in [3.8, 4) is 0 Å². The first-order valence-corrected chi connectivity index (χ1v) is 13.9. The van der Waals surface area contributed by atoms with Crippen LogP contribution in [0, 0.1) is 0 Å². The number of nitrogens with one attached hydrogen (secondary N) is 1. The Morgan fingerprint density at radius 1 is 1.13 bits per heavy atom. The number of carbonyl (C=O) groups is 1. The Morgan fingerprint density at radius 3 is 2.26 bits per heavy atom. The van der Waals surface area contributed by atoms with Crippen LogP contribution in [0.1, 0.15) is 67.9 Å². The molecule has 1 N–H and O–H groups in total. The topological polar surface area (TPSA) is 60.8 Å². The van der Waals surface area contributed by atoms with Gasteiger partial charge in [-0.05, 0) is 92.7 Å². The fourth-order valence-corrected chi connectivity index (χ4v) is 4.78. The molecular weight excluding hydrogens is 482 g/mol. The zero-order valence-electron chi connectivity index (χ0n) is 25.2. The molecule has 6 nitrogen and oxygen atoms in total. The van der Waals surface area contributed by atoms with Crippen molar-refractivity contribution >= 4 is 23.5 Å². The quantitative estimate of drug-likeness (QED) is 0.290. The fraction of sp³-hybridized carbons (Fsp3) is 0.424. The first-order valence-electron chi connectivity index (χ1n) is 13.9. The minimum Gasteiger partial charge on any atom is -0.373 e.